The lowest BCUT2D eigenvalue weighted by Gasteiger charge is -2.34. The van der Waals surface area contributed by atoms with Gasteiger partial charge in [0.15, 0.2) is 0 Å². The molecule has 0 aromatic carbocycles. The normalized spacial score (nSPS) is 24.1. The maximum Gasteiger partial charge on any atom is 0.222 e. The summed E-state index contributed by atoms with van der Waals surface area (Å²) in [6.45, 7) is 2.90. The fraction of sp³-hybridized carbons (Fsp3) is 0.824. The van der Waals surface area contributed by atoms with Gasteiger partial charge < -0.3 is 14.4 Å². The van der Waals surface area contributed by atoms with Crippen LogP contribution in [0.2, 0.25) is 0 Å². The number of carbonyl (C=O) groups excluding carboxylic acids is 1. The Hall–Kier alpha value is -1.43. The molecule has 0 N–H and O–H groups in total. The molecule has 0 spiro atoms. The summed E-state index contributed by atoms with van der Waals surface area (Å²) in [4.78, 5) is 17.0. The number of nitrogens with zero attached hydrogens (tertiary/aromatic N) is 5. The van der Waals surface area contributed by atoms with Crippen molar-refractivity contribution in [2.24, 2.45) is 7.05 Å². The van der Waals surface area contributed by atoms with E-state index in [2.05, 4.69) is 27.0 Å². The third-order valence-corrected chi connectivity index (χ3v) is 5.57. The number of rotatable bonds is 4. The first-order valence-corrected chi connectivity index (χ1v) is 8.97. The Morgan fingerprint density at radius 3 is 2.61 bits per heavy atom. The molecule has 0 bridgehead atoms. The average molecular weight is 319 g/mol. The van der Waals surface area contributed by atoms with Gasteiger partial charge in [-0.1, -0.05) is 6.42 Å². The van der Waals surface area contributed by atoms with E-state index in [-0.39, 0.29) is 0 Å². The van der Waals surface area contributed by atoms with Crippen LogP contribution in [0.15, 0.2) is 6.33 Å². The van der Waals surface area contributed by atoms with Crippen LogP contribution in [0.4, 0.5) is 0 Å². The number of hydrogen-bond donors (Lipinski definition) is 0. The molecule has 0 aliphatic carbocycles. The van der Waals surface area contributed by atoms with Crippen LogP contribution in [0.5, 0.6) is 0 Å². The predicted molar refractivity (Wildman–Crippen MR) is 89.1 cm³/mol. The topological polar surface area (TPSA) is 54.3 Å². The van der Waals surface area contributed by atoms with E-state index in [1.165, 1.54) is 25.8 Å². The van der Waals surface area contributed by atoms with Crippen LogP contribution in [0.25, 0.3) is 0 Å². The number of likely N-dealkylation sites (tertiary alicyclic amines) is 2. The summed E-state index contributed by atoms with van der Waals surface area (Å²) < 4.78 is 2.00. The number of aromatic nitrogens is 3. The molecular weight excluding hydrogens is 290 g/mol. The van der Waals surface area contributed by atoms with E-state index in [1.807, 2.05) is 11.6 Å². The van der Waals surface area contributed by atoms with Crippen LogP contribution < -0.4 is 0 Å². The highest BCUT2D eigenvalue weighted by Crippen LogP contribution is 2.27. The minimum absolute atomic E-state index is 0.334. The first-order valence-electron chi connectivity index (χ1n) is 8.97. The molecule has 1 aromatic rings. The second kappa shape index (κ2) is 7.43. The van der Waals surface area contributed by atoms with Crippen LogP contribution in [0, 0.1) is 0 Å². The van der Waals surface area contributed by atoms with Crippen molar-refractivity contribution in [1.29, 1.82) is 0 Å². The molecule has 128 valence electrons. The molecule has 2 fully saturated rings. The molecule has 0 saturated carbocycles. The van der Waals surface area contributed by atoms with Crippen molar-refractivity contribution in [3.05, 3.63) is 12.2 Å². The zero-order chi connectivity index (χ0) is 16.2. The summed E-state index contributed by atoms with van der Waals surface area (Å²) in [6, 6.07) is 0.601. The minimum Gasteiger partial charge on any atom is -0.343 e. The molecule has 2 aliphatic rings. The molecular formula is C17H29N5O. The molecule has 3 heterocycles. The summed E-state index contributed by atoms with van der Waals surface area (Å²) >= 11 is 0. The molecule has 0 radical (unpaired) electrons. The molecule has 2 aliphatic heterocycles. The highest BCUT2D eigenvalue weighted by molar-refractivity contribution is 5.76. The Kier molecular flexibility index (Phi) is 5.30. The zero-order valence-corrected chi connectivity index (χ0v) is 14.4. The van der Waals surface area contributed by atoms with E-state index in [4.69, 9.17) is 0 Å². The molecule has 2 saturated heterocycles. The molecule has 1 unspecified atom stereocenters. The van der Waals surface area contributed by atoms with Gasteiger partial charge in [-0.05, 0) is 45.7 Å². The van der Waals surface area contributed by atoms with Gasteiger partial charge in [0.25, 0.3) is 0 Å². The number of hydrogen-bond acceptors (Lipinski definition) is 4. The Morgan fingerprint density at radius 2 is 1.96 bits per heavy atom. The van der Waals surface area contributed by atoms with Crippen molar-refractivity contribution in [2.45, 2.75) is 56.9 Å². The lowest BCUT2D eigenvalue weighted by atomic mass is 9.95. The van der Waals surface area contributed by atoms with Gasteiger partial charge in [-0.2, -0.15) is 0 Å². The minimum atomic E-state index is 0.334. The van der Waals surface area contributed by atoms with Crippen LogP contribution in [0.3, 0.4) is 0 Å². The van der Waals surface area contributed by atoms with Gasteiger partial charge in [0, 0.05) is 38.5 Å². The first kappa shape index (κ1) is 16.4. The van der Waals surface area contributed by atoms with Crippen molar-refractivity contribution >= 4 is 5.91 Å². The Morgan fingerprint density at radius 1 is 1.17 bits per heavy atom. The summed E-state index contributed by atoms with van der Waals surface area (Å²) in [7, 11) is 4.19. The maximum absolute atomic E-state index is 12.5. The molecule has 6 nitrogen and oxygen atoms in total. The van der Waals surface area contributed by atoms with E-state index >= 15 is 0 Å². The Labute approximate surface area is 138 Å². The van der Waals surface area contributed by atoms with Crippen molar-refractivity contribution in [3.8, 4) is 0 Å². The third-order valence-electron chi connectivity index (χ3n) is 5.57. The second-order valence-electron chi connectivity index (χ2n) is 7.12. The van der Waals surface area contributed by atoms with Gasteiger partial charge in [-0.25, -0.2) is 0 Å². The van der Waals surface area contributed by atoms with Gasteiger partial charge in [-0.3, -0.25) is 4.79 Å². The van der Waals surface area contributed by atoms with Gasteiger partial charge in [-0.15, -0.1) is 10.2 Å². The summed E-state index contributed by atoms with van der Waals surface area (Å²) in [5.74, 6) is 1.83. The lowest BCUT2D eigenvalue weighted by molar-refractivity contribution is -0.132. The highest BCUT2D eigenvalue weighted by atomic mass is 16.2. The molecule has 1 amide bonds. The van der Waals surface area contributed by atoms with E-state index in [9.17, 15) is 4.79 Å². The third kappa shape index (κ3) is 3.91. The van der Waals surface area contributed by atoms with Crippen molar-refractivity contribution in [1.82, 2.24) is 24.6 Å². The van der Waals surface area contributed by atoms with Crippen molar-refractivity contribution in [2.75, 3.05) is 26.7 Å². The van der Waals surface area contributed by atoms with E-state index in [0.717, 1.165) is 38.2 Å². The van der Waals surface area contributed by atoms with Gasteiger partial charge in [0.2, 0.25) is 5.91 Å². The standard InChI is InChI=1S/C17H29N5O/c1-20-10-4-3-5-15(20)6-7-16(23)22-11-8-14(9-12-22)17-19-18-13-21(17)2/h13-15H,3-12H2,1-2H3. The number of amides is 1. The fourth-order valence-corrected chi connectivity index (χ4v) is 4.01. The van der Waals surface area contributed by atoms with E-state index in [0.29, 0.717) is 24.3 Å². The van der Waals surface area contributed by atoms with Crippen molar-refractivity contribution < 1.29 is 4.79 Å². The molecule has 23 heavy (non-hydrogen) atoms. The summed E-state index contributed by atoms with van der Waals surface area (Å²) in [6.07, 6.45) is 9.33. The van der Waals surface area contributed by atoms with Crippen LogP contribution >= 0.6 is 0 Å². The molecule has 1 aromatic heterocycles. The van der Waals surface area contributed by atoms with E-state index in [1.54, 1.807) is 6.33 Å². The van der Waals surface area contributed by atoms with Crippen LogP contribution in [0.1, 0.15) is 56.7 Å². The average Bonchev–Trinajstić information content (AvgIpc) is 3.00. The molecule has 6 heteroatoms. The van der Waals surface area contributed by atoms with Gasteiger partial charge >= 0.3 is 0 Å². The quantitative estimate of drug-likeness (QED) is 0.849. The summed E-state index contributed by atoms with van der Waals surface area (Å²) in [5, 5.41) is 8.19. The SMILES string of the molecule is CN1CCCCC1CCC(=O)N1CCC(c2nncn2C)CC1. The fourth-order valence-electron chi connectivity index (χ4n) is 4.01. The smallest absolute Gasteiger partial charge is 0.222 e. The van der Waals surface area contributed by atoms with Crippen LogP contribution in [-0.4, -0.2) is 63.2 Å². The zero-order valence-electron chi connectivity index (χ0n) is 14.4. The van der Waals surface area contributed by atoms with Crippen molar-refractivity contribution in [3.63, 3.8) is 0 Å². The highest BCUT2D eigenvalue weighted by Gasteiger charge is 2.27. The van der Waals surface area contributed by atoms with Gasteiger partial charge in [0.1, 0.15) is 12.2 Å². The monoisotopic (exact) mass is 319 g/mol. The lowest BCUT2D eigenvalue weighted by Crippen LogP contribution is -2.40. The number of piperidine rings is 2. The second-order valence-corrected chi connectivity index (χ2v) is 7.12. The first-order chi connectivity index (χ1) is 11.1. The predicted octanol–water partition coefficient (Wildman–Crippen LogP) is 1.79. The van der Waals surface area contributed by atoms with E-state index < -0.39 is 0 Å². The summed E-state index contributed by atoms with van der Waals surface area (Å²) in [5.41, 5.74) is 0. The Balaban J connectivity index is 1.44. The largest absolute Gasteiger partial charge is 0.343 e. The van der Waals surface area contributed by atoms with Gasteiger partial charge in [0.05, 0.1) is 0 Å². The number of carbonyl (C=O) groups is 1. The van der Waals surface area contributed by atoms with Crippen LogP contribution in [-0.2, 0) is 11.8 Å². The molecule has 1 atom stereocenters. The maximum atomic E-state index is 12.5. The Bertz CT molecular complexity index is 521. The number of aryl methyl sites for hydroxylation is 1. The molecule has 3 rings (SSSR count).